The number of hydrogen-bond donors (Lipinski definition) is 2. The van der Waals surface area contributed by atoms with Crippen molar-refractivity contribution in [2.24, 2.45) is 5.10 Å². The van der Waals surface area contributed by atoms with Gasteiger partial charge in [-0.2, -0.15) is 10.2 Å². The summed E-state index contributed by atoms with van der Waals surface area (Å²) in [5.41, 5.74) is 8.06. The van der Waals surface area contributed by atoms with Crippen LogP contribution >= 0.6 is 0 Å². The number of nitrogens with zero attached hydrogens (tertiary/aromatic N) is 2. The van der Waals surface area contributed by atoms with Crippen molar-refractivity contribution in [1.29, 1.82) is 0 Å². The van der Waals surface area contributed by atoms with Gasteiger partial charge in [0.15, 0.2) is 0 Å². The minimum Gasteiger partial charge on any atom is -0.272 e. The molecule has 1 aromatic heterocycles. The normalized spacial score (nSPS) is 11.0. The topological polar surface area (TPSA) is 70.1 Å². The molecule has 5 heteroatoms. The third-order valence-corrected chi connectivity index (χ3v) is 4.25. The van der Waals surface area contributed by atoms with E-state index in [9.17, 15) is 4.79 Å². The van der Waals surface area contributed by atoms with E-state index in [0.29, 0.717) is 5.69 Å². The summed E-state index contributed by atoms with van der Waals surface area (Å²) >= 11 is 0. The van der Waals surface area contributed by atoms with E-state index in [-0.39, 0.29) is 5.91 Å². The molecule has 26 heavy (non-hydrogen) atoms. The first kappa shape index (κ1) is 17.6. The quantitative estimate of drug-likeness (QED) is 0.524. The van der Waals surface area contributed by atoms with Crippen molar-refractivity contribution >= 4 is 12.1 Å². The highest BCUT2D eigenvalue weighted by atomic mass is 16.2. The lowest BCUT2D eigenvalue weighted by Crippen LogP contribution is -2.17. The summed E-state index contributed by atoms with van der Waals surface area (Å²) in [4.78, 5) is 12.2. The zero-order valence-electron chi connectivity index (χ0n) is 15.0. The van der Waals surface area contributed by atoms with E-state index < -0.39 is 0 Å². The van der Waals surface area contributed by atoms with Gasteiger partial charge in [-0.1, -0.05) is 62.4 Å². The van der Waals surface area contributed by atoms with Crippen LogP contribution in [-0.4, -0.2) is 22.3 Å². The zero-order valence-corrected chi connectivity index (χ0v) is 15.0. The van der Waals surface area contributed by atoms with E-state index in [4.69, 9.17) is 0 Å². The molecule has 0 spiro atoms. The molecular formula is C21H22N4O. The minimum absolute atomic E-state index is 0.324. The Labute approximate surface area is 153 Å². The third kappa shape index (κ3) is 4.25. The summed E-state index contributed by atoms with van der Waals surface area (Å²) in [6, 6.07) is 17.9. The second kappa shape index (κ2) is 8.25. The largest absolute Gasteiger partial charge is 0.289 e. The second-order valence-electron chi connectivity index (χ2n) is 6.01. The molecule has 0 atom stereocenters. The number of hydrazone groups is 1. The van der Waals surface area contributed by atoms with E-state index >= 15 is 0 Å². The van der Waals surface area contributed by atoms with Crippen LogP contribution in [0.25, 0.3) is 11.3 Å². The molecule has 0 fully saturated rings. The number of amides is 1. The molecule has 0 aliphatic rings. The SMILES string of the molecule is CCc1ccc(/C=N\NC(=O)c2cc(-c3ccc(CC)cc3)n[nH]2)cc1. The first-order valence-electron chi connectivity index (χ1n) is 8.76. The maximum Gasteiger partial charge on any atom is 0.289 e. The van der Waals surface area contributed by atoms with Crippen molar-refractivity contribution in [3.63, 3.8) is 0 Å². The van der Waals surface area contributed by atoms with Crippen LogP contribution in [0.3, 0.4) is 0 Å². The average Bonchev–Trinajstić information content (AvgIpc) is 3.19. The Balaban J connectivity index is 1.62. The number of aryl methyl sites for hydroxylation is 2. The van der Waals surface area contributed by atoms with Gasteiger partial charge >= 0.3 is 0 Å². The summed E-state index contributed by atoms with van der Waals surface area (Å²) in [5, 5.41) is 11.0. The summed E-state index contributed by atoms with van der Waals surface area (Å²) in [6.45, 7) is 4.23. The van der Waals surface area contributed by atoms with Gasteiger partial charge in [0.05, 0.1) is 11.9 Å². The Kier molecular flexibility index (Phi) is 5.59. The van der Waals surface area contributed by atoms with Crippen molar-refractivity contribution in [2.75, 3.05) is 0 Å². The predicted octanol–water partition coefficient (Wildman–Crippen LogP) is 3.97. The molecule has 0 aliphatic heterocycles. The van der Waals surface area contributed by atoms with Crippen molar-refractivity contribution < 1.29 is 4.79 Å². The second-order valence-corrected chi connectivity index (χ2v) is 6.01. The molecule has 0 radical (unpaired) electrons. The van der Waals surface area contributed by atoms with Gasteiger partial charge in [-0.05, 0) is 35.6 Å². The van der Waals surface area contributed by atoms with Gasteiger partial charge in [-0.15, -0.1) is 0 Å². The fourth-order valence-corrected chi connectivity index (χ4v) is 2.56. The molecule has 0 bridgehead atoms. The molecule has 5 nitrogen and oxygen atoms in total. The standard InChI is InChI=1S/C21H22N4O/c1-3-15-5-7-17(8-6-15)14-22-25-21(26)20-13-19(23-24-20)18-11-9-16(4-2)10-12-18/h5-14H,3-4H2,1-2H3,(H,23,24)(H,25,26)/b22-14-. The van der Waals surface area contributed by atoms with Gasteiger partial charge in [0.25, 0.3) is 5.91 Å². The molecule has 0 unspecified atom stereocenters. The van der Waals surface area contributed by atoms with Crippen LogP contribution in [0.1, 0.15) is 41.0 Å². The Morgan fingerprint density at radius 3 is 2.27 bits per heavy atom. The van der Waals surface area contributed by atoms with Crippen molar-refractivity contribution in [3.05, 3.63) is 77.0 Å². The van der Waals surface area contributed by atoms with E-state index in [1.165, 1.54) is 11.1 Å². The molecule has 2 N–H and O–H groups in total. The van der Waals surface area contributed by atoms with Crippen molar-refractivity contribution in [1.82, 2.24) is 15.6 Å². The first-order valence-corrected chi connectivity index (χ1v) is 8.76. The predicted molar refractivity (Wildman–Crippen MR) is 104 cm³/mol. The maximum atomic E-state index is 12.2. The smallest absolute Gasteiger partial charge is 0.272 e. The number of hydrogen-bond acceptors (Lipinski definition) is 3. The highest BCUT2D eigenvalue weighted by molar-refractivity contribution is 5.94. The van der Waals surface area contributed by atoms with Crippen LogP contribution < -0.4 is 5.43 Å². The molecule has 2 aromatic carbocycles. The number of aromatic nitrogens is 2. The first-order chi connectivity index (χ1) is 12.7. The Hall–Kier alpha value is -3.21. The number of H-pyrrole nitrogens is 1. The van der Waals surface area contributed by atoms with Gasteiger partial charge in [-0.25, -0.2) is 5.43 Å². The summed E-state index contributed by atoms with van der Waals surface area (Å²) < 4.78 is 0. The summed E-state index contributed by atoms with van der Waals surface area (Å²) in [6.07, 6.45) is 3.61. The maximum absolute atomic E-state index is 12.2. The van der Waals surface area contributed by atoms with E-state index in [1.807, 2.05) is 36.4 Å². The highest BCUT2D eigenvalue weighted by Gasteiger charge is 2.10. The van der Waals surface area contributed by atoms with E-state index in [2.05, 4.69) is 46.7 Å². The van der Waals surface area contributed by atoms with Crippen LogP contribution in [0.4, 0.5) is 0 Å². The number of aromatic amines is 1. The molecule has 0 saturated heterocycles. The molecular weight excluding hydrogens is 324 g/mol. The van der Waals surface area contributed by atoms with Crippen LogP contribution in [0.5, 0.6) is 0 Å². The van der Waals surface area contributed by atoms with Crippen LogP contribution in [0.15, 0.2) is 59.7 Å². The highest BCUT2D eigenvalue weighted by Crippen LogP contribution is 2.18. The number of carbonyl (C=O) groups is 1. The third-order valence-electron chi connectivity index (χ3n) is 4.25. The van der Waals surface area contributed by atoms with Gasteiger partial charge in [0.2, 0.25) is 0 Å². The molecule has 1 heterocycles. The Morgan fingerprint density at radius 2 is 1.65 bits per heavy atom. The molecule has 3 rings (SSSR count). The van der Waals surface area contributed by atoms with Gasteiger partial charge < -0.3 is 0 Å². The lowest BCUT2D eigenvalue weighted by Gasteiger charge is -1.99. The monoisotopic (exact) mass is 346 g/mol. The lowest BCUT2D eigenvalue weighted by atomic mass is 10.1. The molecule has 3 aromatic rings. The van der Waals surface area contributed by atoms with Crippen molar-refractivity contribution in [2.45, 2.75) is 26.7 Å². The Morgan fingerprint density at radius 1 is 1.04 bits per heavy atom. The molecule has 1 amide bonds. The van der Waals surface area contributed by atoms with Crippen molar-refractivity contribution in [3.8, 4) is 11.3 Å². The van der Waals surface area contributed by atoms with Crippen LogP contribution in [0, 0.1) is 0 Å². The summed E-state index contributed by atoms with van der Waals surface area (Å²) in [7, 11) is 0. The van der Waals surface area contributed by atoms with Gasteiger partial charge in [0, 0.05) is 5.56 Å². The van der Waals surface area contributed by atoms with Crippen LogP contribution in [0.2, 0.25) is 0 Å². The number of nitrogens with one attached hydrogen (secondary N) is 2. The van der Waals surface area contributed by atoms with Gasteiger partial charge in [0.1, 0.15) is 5.69 Å². The fraction of sp³-hybridized carbons (Fsp3) is 0.190. The average molecular weight is 346 g/mol. The summed E-state index contributed by atoms with van der Waals surface area (Å²) in [5.74, 6) is -0.324. The minimum atomic E-state index is -0.324. The number of carbonyl (C=O) groups excluding carboxylic acids is 1. The van der Waals surface area contributed by atoms with E-state index in [0.717, 1.165) is 29.7 Å². The Bertz CT molecular complexity index is 893. The number of benzene rings is 2. The molecule has 132 valence electrons. The lowest BCUT2D eigenvalue weighted by molar-refractivity contribution is 0.0950. The van der Waals surface area contributed by atoms with E-state index in [1.54, 1.807) is 12.3 Å². The van der Waals surface area contributed by atoms with Crippen LogP contribution in [-0.2, 0) is 12.8 Å². The van der Waals surface area contributed by atoms with Gasteiger partial charge in [-0.3, -0.25) is 9.89 Å². The fourth-order valence-electron chi connectivity index (χ4n) is 2.56. The molecule has 0 saturated carbocycles. The molecule has 0 aliphatic carbocycles. The zero-order chi connectivity index (χ0) is 18.4. The number of rotatable bonds is 6.